The van der Waals surface area contributed by atoms with Crippen LogP contribution in [0.4, 0.5) is 5.95 Å². The number of para-hydroxylation sites is 1. The zero-order valence-corrected chi connectivity index (χ0v) is 10.7. The number of hydrogen-bond donors (Lipinski definition) is 1. The second kappa shape index (κ2) is 6.32. The Morgan fingerprint density at radius 1 is 1.39 bits per heavy atom. The largest absolute Gasteiger partial charge is 0.383 e. The van der Waals surface area contributed by atoms with Gasteiger partial charge in [-0.15, -0.1) is 11.6 Å². The number of nitrogens with one attached hydrogen (secondary N) is 1. The molecule has 1 aromatic carbocycles. The summed E-state index contributed by atoms with van der Waals surface area (Å²) in [5, 5.41) is 14.7. The number of hydrogen-bond acceptors (Lipinski definition) is 5. The number of aromatic nitrogens is 4. The first-order valence-electron chi connectivity index (χ1n) is 5.50. The van der Waals surface area contributed by atoms with Crippen molar-refractivity contribution in [2.24, 2.45) is 0 Å². The molecule has 0 fully saturated rings. The van der Waals surface area contributed by atoms with Crippen molar-refractivity contribution in [3.8, 4) is 5.69 Å². The smallest absolute Gasteiger partial charge is 0.248 e. The lowest BCUT2D eigenvalue weighted by Gasteiger charge is -2.15. The van der Waals surface area contributed by atoms with Crippen LogP contribution < -0.4 is 5.32 Å². The Morgan fingerprint density at radius 3 is 2.83 bits per heavy atom. The first-order chi connectivity index (χ1) is 8.85. The van der Waals surface area contributed by atoms with Crippen LogP contribution in [0.3, 0.4) is 0 Å². The summed E-state index contributed by atoms with van der Waals surface area (Å²) in [6.45, 7) is 0.491. The predicted molar refractivity (Wildman–Crippen MR) is 69.2 cm³/mol. The third kappa shape index (κ3) is 2.96. The van der Waals surface area contributed by atoms with E-state index >= 15 is 0 Å². The molecule has 2 aromatic rings. The summed E-state index contributed by atoms with van der Waals surface area (Å²) < 4.78 is 6.68. The minimum Gasteiger partial charge on any atom is -0.383 e. The van der Waals surface area contributed by atoms with Gasteiger partial charge in [-0.2, -0.15) is 4.68 Å². The molecule has 1 unspecified atom stereocenters. The second-order valence-electron chi connectivity index (χ2n) is 3.70. The monoisotopic (exact) mass is 267 g/mol. The van der Waals surface area contributed by atoms with Gasteiger partial charge >= 0.3 is 0 Å². The van der Waals surface area contributed by atoms with Crippen LogP contribution >= 0.6 is 11.6 Å². The average molecular weight is 268 g/mol. The maximum Gasteiger partial charge on any atom is 0.248 e. The molecule has 7 heteroatoms. The number of benzene rings is 1. The SMILES string of the molecule is COCC(CCl)Nc1nnnn1-c1ccccc1. The van der Waals surface area contributed by atoms with E-state index in [1.165, 1.54) is 0 Å². The van der Waals surface area contributed by atoms with Gasteiger partial charge in [-0.25, -0.2) is 0 Å². The molecular formula is C11H14ClN5O. The van der Waals surface area contributed by atoms with E-state index in [0.717, 1.165) is 5.69 Å². The van der Waals surface area contributed by atoms with Crippen molar-refractivity contribution in [3.63, 3.8) is 0 Å². The standard InChI is InChI=1S/C11H14ClN5O/c1-18-8-9(7-12)13-11-14-15-16-17(11)10-5-3-2-4-6-10/h2-6,9H,7-8H2,1H3,(H,13,14,16). The minimum atomic E-state index is -0.0369. The van der Waals surface area contributed by atoms with Crippen LogP contribution in [0.25, 0.3) is 5.69 Å². The fourth-order valence-corrected chi connectivity index (χ4v) is 1.69. The van der Waals surface area contributed by atoms with Gasteiger partial charge in [0, 0.05) is 13.0 Å². The van der Waals surface area contributed by atoms with Crippen LogP contribution in [0.5, 0.6) is 0 Å². The Kier molecular flexibility index (Phi) is 4.49. The minimum absolute atomic E-state index is 0.0369. The predicted octanol–water partition coefficient (Wildman–Crippen LogP) is 1.33. The van der Waals surface area contributed by atoms with E-state index in [2.05, 4.69) is 20.8 Å². The molecule has 0 aliphatic heterocycles. The zero-order valence-electron chi connectivity index (χ0n) is 9.95. The van der Waals surface area contributed by atoms with Gasteiger partial charge in [-0.3, -0.25) is 0 Å². The fourth-order valence-electron chi connectivity index (χ4n) is 1.53. The van der Waals surface area contributed by atoms with Crippen LogP contribution in [0.1, 0.15) is 0 Å². The molecule has 0 spiro atoms. The van der Waals surface area contributed by atoms with Gasteiger partial charge in [0.15, 0.2) is 0 Å². The van der Waals surface area contributed by atoms with Gasteiger partial charge in [0.25, 0.3) is 0 Å². The second-order valence-corrected chi connectivity index (χ2v) is 4.01. The molecule has 0 amide bonds. The summed E-state index contributed by atoms with van der Waals surface area (Å²) in [5.74, 6) is 0.957. The summed E-state index contributed by atoms with van der Waals surface area (Å²) in [6, 6.07) is 9.60. The van der Waals surface area contributed by atoms with E-state index in [1.807, 2.05) is 30.3 Å². The highest BCUT2D eigenvalue weighted by Crippen LogP contribution is 2.11. The van der Waals surface area contributed by atoms with E-state index in [0.29, 0.717) is 18.4 Å². The van der Waals surface area contributed by atoms with Crippen molar-refractivity contribution in [1.29, 1.82) is 0 Å². The molecule has 1 heterocycles. The van der Waals surface area contributed by atoms with Crippen LogP contribution in [-0.4, -0.2) is 45.8 Å². The van der Waals surface area contributed by atoms with Gasteiger partial charge < -0.3 is 10.1 Å². The van der Waals surface area contributed by atoms with E-state index in [-0.39, 0.29) is 6.04 Å². The van der Waals surface area contributed by atoms with Gasteiger partial charge in [0.2, 0.25) is 5.95 Å². The molecule has 2 rings (SSSR count). The van der Waals surface area contributed by atoms with E-state index in [4.69, 9.17) is 16.3 Å². The fraction of sp³-hybridized carbons (Fsp3) is 0.364. The summed E-state index contributed by atoms with van der Waals surface area (Å²) in [5.41, 5.74) is 0.885. The van der Waals surface area contributed by atoms with Gasteiger partial charge in [-0.1, -0.05) is 23.3 Å². The quantitative estimate of drug-likeness (QED) is 0.800. The van der Waals surface area contributed by atoms with E-state index in [9.17, 15) is 0 Å². The number of nitrogens with zero attached hydrogens (tertiary/aromatic N) is 4. The zero-order chi connectivity index (χ0) is 12.8. The molecule has 0 aliphatic carbocycles. The van der Waals surface area contributed by atoms with Crippen LogP contribution in [0, 0.1) is 0 Å². The average Bonchev–Trinajstić information content (AvgIpc) is 2.87. The summed E-state index contributed by atoms with van der Waals surface area (Å²) >= 11 is 5.84. The molecule has 1 N–H and O–H groups in total. The molecule has 6 nitrogen and oxygen atoms in total. The molecular weight excluding hydrogens is 254 g/mol. The number of methoxy groups -OCH3 is 1. The lowest BCUT2D eigenvalue weighted by Crippen LogP contribution is -2.28. The first kappa shape index (κ1) is 12.8. The normalized spacial score (nSPS) is 12.3. The van der Waals surface area contributed by atoms with Gasteiger partial charge in [-0.05, 0) is 22.6 Å². The lowest BCUT2D eigenvalue weighted by molar-refractivity contribution is 0.191. The van der Waals surface area contributed by atoms with Crippen LogP contribution in [0.2, 0.25) is 0 Å². The molecule has 18 heavy (non-hydrogen) atoms. The Balaban J connectivity index is 2.18. The molecule has 0 aliphatic rings. The highest BCUT2D eigenvalue weighted by atomic mass is 35.5. The number of rotatable bonds is 6. The van der Waals surface area contributed by atoms with Crippen LogP contribution in [-0.2, 0) is 4.74 Å². The third-order valence-corrected chi connectivity index (χ3v) is 2.73. The summed E-state index contributed by atoms with van der Waals surface area (Å²) in [4.78, 5) is 0. The van der Waals surface area contributed by atoms with E-state index in [1.54, 1.807) is 11.8 Å². The highest BCUT2D eigenvalue weighted by Gasteiger charge is 2.13. The van der Waals surface area contributed by atoms with E-state index < -0.39 is 0 Å². The summed E-state index contributed by atoms with van der Waals surface area (Å²) in [7, 11) is 1.63. The topological polar surface area (TPSA) is 64.9 Å². The molecule has 0 bridgehead atoms. The number of tetrazole rings is 1. The number of alkyl halides is 1. The molecule has 0 radical (unpaired) electrons. The van der Waals surface area contributed by atoms with Gasteiger partial charge in [0.1, 0.15) is 0 Å². The van der Waals surface area contributed by atoms with Crippen molar-refractivity contribution in [1.82, 2.24) is 20.2 Å². The third-order valence-electron chi connectivity index (χ3n) is 2.36. The highest BCUT2D eigenvalue weighted by molar-refractivity contribution is 6.18. The number of halogens is 1. The summed E-state index contributed by atoms with van der Waals surface area (Å²) in [6.07, 6.45) is 0. The molecule has 96 valence electrons. The Morgan fingerprint density at radius 2 is 2.17 bits per heavy atom. The maximum atomic E-state index is 5.84. The molecule has 0 saturated carbocycles. The molecule has 1 aromatic heterocycles. The Labute approximate surface area is 110 Å². The number of ether oxygens (including phenoxy) is 1. The van der Waals surface area contributed by atoms with Gasteiger partial charge in [0.05, 0.1) is 18.3 Å². The van der Waals surface area contributed by atoms with Crippen LogP contribution in [0.15, 0.2) is 30.3 Å². The number of anilines is 1. The van der Waals surface area contributed by atoms with Crippen molar-refractivity contribution >= 4 is 17.5 Å². The van der Waals surface area contributed by atoms with Crippen molar-refractivity contribution in [3.05, 3.63) is 30.3 Å². The Hall–Kier alpha value is -1.66. The van der Waals surface area contributed by atoms with Crippen molar-refractivity contribution in [2.75, 3.05) is 24.9 Å². The lowest BCUT2D eigenvalue weighted by atomic mass is 10.3. The van der Waals surface area contributed by atoms with Crippen molar-refractivity contribution in [2.45, 2.75) is 6.04 Å². The molecule has 0 saturated heterocycles. The maximum absolute atomic E-state index is 5.84. The van der Waals surface area contributed by atoms with Crippen molar-refractivity contribution < 1.29 is 4.74 Å². The first-order valence-corrected chi connectivity index (χ1v) is 6.04. The Bertz CT molecular complexity index is 475. The molecule has 1 atom stereocenters.